The lowest BCUT2D eigenvalue weighted by molar-refractivity contribution is -0.165. The molecule has 1 amide bonds. The van der Waals surface area contributed by atoms with Gasteiger partial charge in [-0.15, -0.1) is 0 Å². The van der Waals surface area contributed by atoms with Crippen molar-refractivity contribution in [2.45, 2.75) is 43.9 Å². The van der Waals surface area contributed by atoms with E-state index in [4.69, 9.17) is 32.0 Å². The lowest BCUT2D eigenvalue weighted by Crippen LogP contribution is -2.42. The van der Waals surface area contributed by atoms with E-state index in [1.807, 2.05) is 4.90 Å². The molecule has 1 saturated heterocycles. The summed E-state index contributed by atoms with van der Waals surface area (Å²) in [6, 6.07) is 4.20. The molecule has 1 aromatic heterocycles. The molecule has 2 fully saturated rings. The number of halogens is 1. The maximum atomic E-state index is 12.4. The van der Waals surface area contributed by atoms with Gasteiger partial charge in [-0.05, 0) is 31.4 Å². The van der Waals surface area contributed by atoms with Crippen LogP contribution in [0.1, 0.15) is 36.0 Å². The van der Waals surface area contributed by atoms with E-state index >= 15 is 0 Å². The summed E-state index contributed by atoms with van der Waals surface area (Å²) in [6.45, 7) is 3.77. The van der Waals surface area contributed by atoms with Gasteiger partial charge in [-0.1, -0.05) is 18.0 Å². The molecule has 0 aromatic carbocycles. The number of carbonyl (C=O) groups is 3. The van der Waals surface area contributed by atoms with Crippen LogP contribution in [-0.2, 0) is 9.59 Å². The molecule has 1 aliphatic heterocycles. The van der Waals surface area contributed by atoms with Crippen molar-refractivity contribution in [2.24, 2.45) is 0 Å². The quantitative estimate of drug-likeness (QED) is 0.471. The highest BCUT2D eigenvalue weighted by molar-refractivity contribution is 6.29. The van der Waals surface area contributed by atoms with Gasteiger partial charge in [-0.3, -0.25) is 9.69 Å². The first-order valence-electron chi connectivity index (χ1n) is 9.67. The van der Waals surface area contributed by atoms with E-state index in [-0.39, 0.29) is 5.91 Å². The number of carbonyl (C=O) groups excluding carboxylic acids is 1. The highest BCUT2D eigenvalue weighted by atomic mass is 35.5. The molecule has 2 aliphatic rings. The average Bonchev–Trinajstić information content (AvgIpc) is 2.92. The second-order valence-corrected chi connectivity index (χ2v) is 7.59. The molecule has 3 rings (SSSR count). The summed E-state index contributed by atoms with van der Waals surface area (Å²) in [4.78, 5) is 40.5. The Bertz CT molecular complexity index is 724. The third kappa shape index (κ3) is 6.63. The highest BCUT2D eigenvalue weighted by Crippen LogP contribution is 2.25. The van der Waals surface area contributed by atoms with Crippen molar-refractivity contribution in [3.8, 4) is 0 Å². The van der Waals surface area contributed by atoms with Crippen LogP contribution in [0.3, 0.4) is 0 Å². The van der Waals surface area contributed by atoms with Crippen LogP contribution in [0.5, 0.6) is 0 Å². The summed E-state index contributed by atoms with van der Waals surface area (Å²) in [5.41, 5.74) is 0.631. The van der Waals surface area contributed by atoms with Gasteiger partial charge in [0, 0.05) is 38.4 Å². The molecular formula is C19H26ClN3O7. The Kier molecular flexibility index (Phi) is 8.97. The largest absolute Gasteiger partial charge is 0.479 e. The standard InChI is InChI=1S/C15H20ClN3O.C4H6O6/c16-14-6-5-12(11-17-14)15(20)19-8-2-7-18(9-10-19)13-3-1-4-13;5-1(3(7)8)2(6)4(9)10/h5-6,11,13H,1-4,7-10H2;1-2,5-6H,(H,7,8)(H,9,10). The zero-order valence-electron chi connectivity index (χ0n) is 16.4. The van der Waals surface area contributed by atoms with Crippen LogP contribution in [0.4, 0.5) is 0 Å². The highest BCUT2D eigenvalue weighted by Gasteiger charge is 2.29. The van der Waals surface area contributed by atoms with Gasteiger partial charge in [0.05, 0.1) is 5.56 Å². The third-order valence-electron chi connectivity index (χ3n) is 5.19. The van der Waals surface area contributed by atoms with Crippen LogP contribution in [0, 0.1) is 0 Å². The fraction of sp³-hybridized carbons (Fsp3) is 0.579. The molecule has 1 saturated carbocycles. The normalized spacial score (nSPS) is 19.5. The topological polar surface area (TPSA) is 152 Å². The molecule has 4 N–H and O–H groups in total. The number of amides is 1. The first-order valence-corrected chi connectivity index (χ1v) is 10.0. The van der Waals surface area contributed by atoms with E-state index < -0.39 is 24.1 Å². The van der Waals surface area contributed by atoms with Crippen molar-refractivity contribution >= 4 is 29.4 Å². The van der Waals surface area contributed by atoms with Gasteiger partial charge in [-0.2, -0.15) is 0 Å². The van der Waals surface area contributed by atoms with E-state index in [0.717, 1.165) is 38.6 Å². The molecule has 2 heterocycles. The van der Waals surface area contributed by atoms with Crippen molar-refractivity contribution in [1.82, 2.24) is 14.8 Å². The van der Waals surface area contributed by atoms with Crippen LogP contribution in [0.25, 0.3) is 0 Å². The van der Waals surface area contributed by atoms with Crippen LogP contribution in [-0.4, -0.2) is 97.5 Å². The first-order chi connectivity index (χ1) is 14.2. The molecular weight excluding hydrogens is 418 g/mol. The molecule has 10 nitrogen and oxygen atoms in total. The van der Waals surface area contributed by atoms with Gasteiger partial charge in [0.15, 0.2) is 12.2 Å². The Labute approximate surface area is 178 Å². The fourth-order valence-corrected chi connectivity index (χ4v) is 3.32. The van der Waals surface area contributed by atoms with E-state index in [2.05, 4.69) is 9.88 Å². The minimum absolute atomic E-state index is 0.0737. The summed E-state index contributed by atoms with van der Waals surface area (Å²) in [5.74, 6) is -3.46. The molecule has 11 heteroatoms. The predicted octanol–water partition coefficient (Wildman–Crippen LogP) is 0.313. The summed E-state index contributed by atoms with van der Waals surface area (Å²) in [6.07, 6.45) is 2.11. The van der Waals surface area contributed by atoms with E-state index in [9.17, 15) is 14.4 Å². The minimum Gasteiger partial charge on any atom is -0.479 e. The number of carboxylic acid groups (broad SMARTS) is 2. The van der Waals surface area contributed by atoms with Crippen LogP contribution >= 0.6 is 11.6 Å². The monoisotopic (exact) mass is 443 g/mol. The van der Waals surface area contributed by atoms with Gasteiger partial charge in [0.25, 0.3) is 5.91 Å². The Balaban J connectivity index is 0.000000274. The Morgan fingerprint density at radius 1 is 0.967 bits per heavy atom. The van der Waals surface area contributed by atoms with Crippen LogP contribution in [0.15, 0.2) is 18.3 Å². The van der Waals surface area contributed by atoms with E-state index in [1.54, 1.807) is 18.3 Å². The Morgan fingerprint density at radius 2 is 1.60 bits per heavy atom. The second-order valence-electron chi connectivity index (χ2n) is 7.20. The molecule has 1 aliphatic carbocycles. The molecule has 0 bridgehead atoms. The maximum absolute atomic E-state index is 12.4. The summed E-state index contributed by atoms with van der Waals surface area (Å²) in [5, 5.41) is 33.0. The Morgan fingerprint density at radius 3 is 2.07 bits per heavy atom. The van der Waals surface area contributed by atoms with Gasteiger partial charge in [-0.25, -0.2) is 14.6 Å². The summed E-state index contributed by atoms with van der Waals surface area (Å²) < 4.78 is 0. The third-order valence-corrected chi connectivity index (χ3v) is 5.41. The minimum atomic E-state index is -2.27. The Hall–Kier alpha value is -2.27. The predicted molar refractivity (Wildman–Crippen MR) is 106 cm³/mol. The molecule has 2 atom stereocenters. The summed E-state index contributed by atoms with van der Waals surface area (Å²) >= 11 is 5.76. The number of rotatable bonds is 5. The van der Waals surface area contributed by atoms with Crippen molar-refractivity contribution in [3.63, 3.8) is 0 Å². The van der Waals surface area contributed by atoms with Crippen LogP contribution in [0.2, 0.25) is 5.15 Å². The van der Waals surface area contributed by atoms with E-state index in [1.165, 1.54) is 19.3 Å². The van der Waals surface area contributed by atoms with Gasteiger partial charge in [0.2, 0.25) is 0 Å². The number of nitrogens with zero attached hydrogens (tertiary/aromatic N) is 3. The second kappa shape index (κ2) is 11.2. The molecule has 0 spiro atoms. The zero-order valence-corrected chi connectivity index (χ0v) is 17.1. The molecule has 1 aromatic rings. The maximum Gasteiger partial charge on any atom is 0.335 e. The van der Waals surface area contributed by atoms with Gasteiger partial charge in [0.1, 0.15) is 5.15 Å². The molecule has 2 unspecified atom stereocenters. The number of pyridine rings is 1. The van der Waals surface area contributed by atoms with Crippen molar-refractivity contribution in [3.05, 3.63) is 29.0 Å². The number of aliphatic hydroxyl groups is 2. The number of hydrogen-bond donors (Lipinski definition) is 4. The van der Waals surface area contributed by atoms with Crippen LogP contribution < -0.4 is 0 Å². The van der Waals surface area contributed by atoms with Gasteiger partial charge < -0.3 is 25.3 Å². The molecule has 30 heavy (non-hydrogen) atoms. The SMILES string of the molecule is O=C(O)C(O)C(O)C(=O)O.O=C(c1ccc(Cl)nc1)N1CCCN(C2CCC2)CC1. The lowest BCUT2D eigenvalue weighted by Gasteiger charge is -2.36. The number of aliphatic hydroxyl groups excluding tert-OH is 2. The lowest BCUT2D eigenvalue weighted by atomic mass is 9.91. The number of aromatic nitrogens is 1. The van der Waals surface area contributed by atoms with Crippen molar-refractivity contribution in [1.29, 1.82) is 0 Å². The number of carboxylic acids is 2. The fourth-order valence-electron chi connectivity index (χ4n) is 3.21. The summed E-state index contributed by atoms with van der Waals surface area (Å²) in [7, 11) is 0. The number of aliphatic carboxylic acids is 2. The van der Waals surface area contributed by atoms with Gasteiger partial charge >= 0.3 is 11.9 Å². The smallest absolute Gasteiger partial charge is 0.335 e. The molecule has 0 radical (unpaired) electrons. The average molecular weight is 444 g/mol. The zero-order chi connectivity index (χ0) is 22.3. The van der Waals surface area contributed by atoms with E-state index in [0.29, 0.717) is 10.7 Å². The first kappa shape index (κ1) is 24.0. The number of hydrogen-bond acceptors (Lipinski definition) is 7. The van der Waals surface area contributed by atoms with Crippen molar-refractivity contribution in [2.75, 3.05) is 26.2 Å². The van der Waals surface area contributed by atoms with Crippen molar-refractivity contribution < 1.29 is 34.8 Å². The molecule has 166 valence electrons.